The van der Waals surface area contributed by atoms with E-state index in [1.807, 2.05) is 20.8 Å². The number of benzene rings is 2. The Kier molecular flexibility index (Phi) is 10.8. The summed E-state index contributed by atoms with van der Waals surface area (Å²) in [4.78, 5) is 14.6. The number of hydrogen-bond acceptors (Lipinski definition) is 5. The zero-order valence-corrected chi connectivity index (χ0v) is 22.8. The van der Waals surface area contributed by atoms with Crippen molar-refractivity contribution in [3.05, 3.63) is 53.6 Å². The molecule has 0 spiro atoms. The smallest absolute Gasteiger partial charge is 0.416 e. The largest absolute Gasteiger partial charge is 0.493 e. The van der Waals surface area contributed by atoms with Crippen LogP contribution in [0.25, 0.3) is 0 Å². The van der Waals surface area contributed by atoms with E-state index in [0.717, 1.165) is 50.3 Å². The topological polar surface area (TPSA) is 72.9 Å². The van der Waals surface area contributed by atoms with Crippen LogP contribution in [0, 0.1) is 5.92 Å². The summed E-state index contributed by atoms with van der Waals surface area (Å²) in [5, 5.41) is 0. The number of unbranched alkanes of at least 4 members (excludes halogenated alkanes) is 1. The molecule has 37 heavy (non-hydrogen) atoms. The summed E-state index contributed by atoms with van der Waals surface area (Å²) in [6.45, 7) is 8.24. The fourth-order valence-electron chi connectivity index (χ4n) is 3.93. The van der Waals surface area contributed by atoms with E-state index in [2.05, 4.69) is 6.92 Å². The van der Waals surface area contributed by atoms with Crippen molar-refractivity contribution in [3.8, 4) is 11.5 Å². The maximum atomic E-state index is 13.4. The summed E-state index contributed by atoms with van der Waals surface area (Å²) in [6, 6.07) is 7.96. The van der Waals surface area contributed by atoms with Crippen LogP contribution in [-0.2, 0) is 27.6 Å². The van der Waals surface area contributed by atoms with Crippen molar-refractivity contribution in [3.63, 3.8) is 0 Å². The molecule has 2 rings (SSSR count). The van der Waals surface area contributed by atoms with Crippen LogP contribution in [0.2, 0.25) is 0 Å². The van der Waals surface area contributed by atoms with E-state index in [9.17, 15) is 26.4 Å². The SMILES string of the molecule is CCCCC(CC)C(=O)N(Cc1ccc(OC)c(OS(=O)(=O)c2cccc(C(F)(F)F)c2)c1)C(C)CC. The van der Waals surface area contributed by atoms with Crippen molar-refractivity contribution in [2.24, 2.45) is 5.92 Å². The molecule has 2 unspecified atom stereocenters. The van der Waals surface area contributed by atoms with Gasteiger partial charge in [0.15, 0.2) is 11.5 Å². The molecule has 0 aliphatic heterocycles. The lowest BCUT2D eigenvalue weighted by Gasteiger charge is -2.32. The van der Waals surface area contributed by atoms with E-state index in [4.69, 9.17) is 8.92 Å². The van der Waals surface area contributed by atoms with E-state index in [0.29, 0.717) is 11.6 Å². The van der Waals surface area contributed by atoms with Crippen LogP contribution in [0.1, 0.15) is 70.9 Å². The van der Waals surface area contributed by atoms with Crippen molar-refractivity contribution in [2.75, 3.05) is 7.11 Å². The standard InChI is InChI=1S/C27H36F3NO5S/c1-6-9-11-21(8-3)26(32)31(19(4)7-2)18-20-14-15-24(35-5)25(16-20)36-37(33,34)23-13-10-12-22(17-23)27(28,29)30/h10,12-17,19,21H,6-9,11,18H2,1-5H3. The van der Waals surface area contributed by atoms with Crippen LogP contribution in [0.5, 0.6) is 11.5 Å². The van der Waals surface area contributed by atoms with Crippen LogP contribution in [-0.4, -0.2) is 32.4 Å². The lowest BCUT2D eigenvalue weighted by molar-refractivity contribution is -0.139. The molecule has 1 amide bonds. The first-order valence-corrected chi connectivity index (χ1v) is 13.9. The molecule has 0 fully saturated rings. The Labute approximate surface area is 217 Å². The Bertz CT molecular complexity index is 1150. The molecule has 0 radical (unpaired) electrons. The molecule has 0 bridgehead atoms. The zero-order chi connectivity index (χ0) is 27.8. The van der Waals surface area contributed by atoms with Gasteiger partial charge in [0.2, 0.25) is 5.91 Å². The first-order chi connectivity index (χ1) is 17.4. The summed E-state index contributed by atoms with van der Waals surface area (Å²) >= 11 is 0. The quantitative estimate of drug-likeness (QED) is 0.259. The summed E-state index contributed by atoms with van der Waals surface area (Å²) in [7, 11) is -3.27. The predicted octanol–water partition coefficient (Wildman–Crippen LogP) is 6.83. The fraction of sp³-hybridized carbons (Fsp3) is 0.519. The summed E-state index contributed by atoms with van der Waals surface area (Å²) in [6.07, 6.45) is -0.510. The second kappa shape index (κ2) is 13.2. The van der Waals surface area contributed by atoms with E-state index in [1.165, 1.54) is 19.2 Å². The second-order valence-electron chi connectivity index (χ2n) is 9.02. The van der Waals surface area contributed by atoms with Gasteiger partial charge in [-0.1, -0.05) is 45.7 Å². The number of carbonyl (C=O) groups is 1. The van der Waals surface area contributed by atoms with Crippen LogP contribution >= 0.6 is 0 Å². The molecular weight excluding hydrogens is 507 g/mol. The fourth-order valence-corrected chi connectivity index (χ4v) is 4.91. The van der Waals surface area contributed by atoms with Gasteiger partial charge in [0.25, 0.3) is 0 Å². The molecular formula is C27H36F3NO5S. The number of ether oxygens (including phenoxy) is 1. The van der Waals surface area contributed by atoms with Crippen molar-refractivity contribution in [1.82, 2.24) is 4.90 Å². The monoisotopic (exact) mass is 543 g/mol. The molecule has 0 saturated carbocycles. The molecule has 6 nitrogen and oxygen atoms in total. The lowest BCUT2D eigenvalue weighted by atomic mass is 9.96. The van der Waals surface area contributed by atoms with Gasteiger partial charge in [-0.15, -0.1) is 0 Å². The minimum Gasteiger partial charge on any atom is -0.493 e. The van der Waals surface area contributed by atoms with Crippen LogP contribution in [0.15, 0.2) is 47.4 Å². The number of alkyl halides is 3. The number of amides is 1. The van der Waals surface area contributed by atoms with Gasteiger partial charge in [-0.25, -0.2) is 0 Å². The number of hydrogen-bond donors (Lipinski definition) is 0. The third-order valence-electron chi connectivity index (χ3n) is 6.38. The summed E-state index contributed by atoms with van der Waals surface area (Å²) < 4.78 is 75.5. The van der Waals surface area contributed by atoms with Gasteiger partial charge in [-0.3, -0.25) is 4.79 Å². The van der Waals surface area contributed by atoms with Gasteiger partial charge in [-0.05, 0) is 62.1 Å². The maximum absolute atomic E-state index is 13.4. The molecule has 0 aliphatic rings. The van der Waals surface area contributed by atoms with Crippen LogP contribution in [0.4, 0.5) is 13.2 Å². The molecule has 0 N–H and O–H groups in total. The normalized spacial score (nSPS) is 13.6. The minimum absolute atomic E-state index is 0.0418. The van der Waals surface area contributed by atoms with Gasteiger partial charge >= 0.3 is 16.3 Å². The highest BCUT2D eigenvalue weighted by atomic mass is 32.2. The Morgan fingerprint density at radius 3 is 2.30 bits per heavy atom. The Balaban J connectivity index is 2.39. The van der Waals surface area contributed by atoms with Crippen molar-refractivity contribution >= 4 is 16.0 Å². The predicted molar refractivity (Wildman–Crippen MR) is 136 cm³/mol. The number of rotatable bonds is 13. The van der Waals surface area contributed by atoms with Crippen molar-refractivity contribution in [1.29, 1.82) is 0 Å². The summed E-state index contributed by atoms with van der Waals surface area (Å²) in [5.41, 5.74) is -0.497. The highest BCUT2D eigenvalue weighted by Crippen LogP contribution is 2.34. The highest BCUT2D eigenvalue weighted by molar-refractivity contribution is 7.87. The third kappa shape index (κ3) is 8.12. The number of methoxy groups -OCH3 is 1. The van der Waals surface area contributed by atoms with E-state index in [1.54, 1.807) is 11.0 Å². The Morgan fingerprint density at radius 2 is 1.73 bits per heavy atom. The van der Waals surface area contributed by atoms with Crippen LogP contribution in [0.3, 0.4) is 0 Å². The van der Waals surface area contributed by atoms with Gasteiger partial charge < -0.3 is 13.8 Å². The lowest BCUT2D eigenvalue weighted by Crippen LogP contribution is -2.41. The molecule has 0 saturated heterocycles. The second-order valence-corrected chi connectivity index (χ2v) is 10.6. The van der Waals surface area contributed by atoms with Gasteiger partial charge in [0.1, 0.15) is 4.90 Å². The minimum atomic E-state index is -4.71. The Hall–Kier alpha value is -2.75. The average molecular weight is 544 g/mol. The highest BCUT2D eigenvalue weighted by Gasteiger charge is 2.32. The van der Waals surface area contributed by atoms with Crippen LogP contribution < -0.4 is 8.92 Å². The molecule has 2 aromatic carbocycles. The number of nitrogens with zero attached hydrogens (tertiary/aromatic N) is 1. The maximum Gasteiger partial charge on any atom is 0.416 e. The van der Waals surface area contributed by atoms with Crippen molar-refractivity contribution in [2.45, 2.75) is 83.5 Å². The van der Waals surface area contributed by atoms with Gasteiger partial charge in [-0.2, -0.15) is 21.6 Å². The third-order valence-corrected chi connectivity index (χ3v) is 7.61. The molecule has 206 valence electrons. The molecule has 0 aliphatic carbocycles. The van der Waals surface area contributed by atoms with Gasteiger partial charge in [0.05, 0.1) is 12.7 Å². The number of halogens is 3. The average Bonchev–Trinajstić information content (AvgIpc) is 2.86. The van der Waals surface area contributed by atoms with E-state index < -0.39 is 26.8 Å². The Morgan fingerprint density at radius 1 is 1.03 bits per heavy atom. The molecule has 2 aromatic rings. The molecule has 0 aromatic heterocycles. The first-order valence-electron chi connectivity index (χ1n) is 12.5. The number of carbonyl (C=O) groups excluding carboxylic acids is 1. The molecule has 10 heteroatoms. The van der Waals surface area contributed by atoms with Gasteiger partial charge in [0, 0.05) is 18.5 Å². The van der Waals surface area contributed by atoms with E-state index >= 15 is 0 Å². The zero-order valence-electron chi connectivity index (χ0n) is 22.0. The first kappa shape index (κ1) is 30.5. The molecule has 2 atom stereocenters. The van der Waals surface area contributed by atoms with E-state index in [-0.39, 0.29) is 35.9 Å². The van der Waals surface area contributed by atoms with Crippen molar-refractivity contribution < 1.29 is 35.3 Å². The molecule has 0 heterocycles. The summed E-state index contributed by atoms with van der Waals surface area (Å²) in [5.74, 6) is -0.147.